The second-order valence-electron chi connectivity index (χ2n) is 20.9. The summed E-state index contributed by atoms with van der Waals surface area (Å²) in [4.78, 5) is 38.2. The molecule has 0 saturated carbocycles. The summed E-state index contributed by atoms with van der Waals surface area (Å²) in [6.45, 7) is 6.48. The van der Waals surface area contributed by atoms with Gasteiger partial charge in [-0.2, -0.15) is 0 Å². The molecule has 0 aliphatic carbocycles. The van der Waals surface area contributed by atoms with E-state index in [0.717, 1.165) is 116 Å². The first-order chi connectivity index (χ1) is 37.5. The molecule has 0 amide bonds. The van der Waals surface area contributed by atoms with E-state index in [-0.39, 0.29) is 31.1 Å². The first-order valence-electron chi connectivity index (χ1n) is 31.9. The van der Waals surface area contributed by atoms with Crippen LogP contribution >= 0.6 is 0 Å². The van der Waals surface area contributed by atoms with Crippen molar-refractivity contribution >= 4 is 17.9 Å². The molecule has 0 aromatic heterocycles. The zero-order valence-electron chi connectivity index (χ0n) is 49.7. The number of ether oxygens (including phenoxy) is 3. The average molecular weight is 1060 g/mol. The molecule has 0 rings (SSSR count). The maximum Gasteiger partial charge on any atom is 0.306 e. The molecule has 0 aliphatic heterocycles. The Morgan fingerprint density at radius 3 is 0.855 bits per heavy atom. The number of allylic oxidation sites excluding steroid dienone is 18. The third kappa shape index (κ3) is 60.9. The quantitative estimate of drug-likeness (QED) is 0.0261. The lowest BCUT2D eigenvalue weighted by Gasteiger charge is -2.18. The summed E-state index contributed by atoms with van der Waals surface area (Å²) in [5.74, 6) is -0.907. The van der Waals surface area contributed by atoms with Crippen molar-refractivity contribution in [2.24, 2.45) is 0 Å². The monoisotopic (exact) mass is 1050 g/mol. The number of hydrogen-bond donors (Lipinski definition) is 0. The van der Waals surface area contributed by atoms with E-state index in [1.807, 2.05) is 0 Å². The Kier molecular flexibility index (Phi) is 60.3. The summed E-state index contributed by atoms with van der Waals surface area (Å²) in [7, 11) is 0. The largest absolute Gasteiger partial charge is 0.462 e. The number of esters is 3. The van der Waals surface area contributed by atoms with Crippen LogP contribution in [-0.4, -0.2) is 37.2 Å². The zero-order chi connectivity index (χ0) is 55.0. The zero-order valence-corrected chi connectivity index (χ0v) is 49.7. The maximum absolute atomic E-state index is 12.9. The Morgan fingerprint density at radius 1 is 0.276 bits per heavy atom. The molecule has 6 nitrogen and oxygen atoms in total. The Bertz CT molecular complexity index is 1540. The van der Waals surface area contributed by atoms with Crippen molar-refractivity contribution in [3.63, 3.8) is 0 Å². The molecule has 0 bridgehead atoms. The van der Waals surface area contributed by atoms with Crippen LogP contribution in [0.2, 0.25) is 0 Å². The van der Waals surface area contributed by atoms with E-state index < -0.39 is 6.10 Å². The molecule has 0 N–H and O–H groups in total. The Hall–Kier alpha value is -3.93. The highest BCUT2D eigenvalue weighted by molar-refractivity contribution is 5.71. The lowest BCUT2D eigenvalue weighted by Crippen LogP contribution is -2.30. The normalized spacial score (nSPS) is 12.8. The molecule has 0 spiro atoms. The smallest absolute Gasteiger partial charge is 0.306 e. The van der Waals surface area contributed by atoms with Crippen LogP contribution in [0, 0.1) is 0 Å². The van der Waals surface area contributed by atoms with Crippen LogP contribution in [0.1, 0.15) is 297 Å². The fourth-order valence-corrected chi connectivity index (χ4v) is 8.69. The van der Waals surface area contributed by atoms with Gasteiger partial charge in [0.15, 0.2) is 6.10 Å². The number of unbranched alkanes of at least 4 members (excludes halogenated alkanes) is 28. The summed E-state index contributed by atoms with van der Waals surface area (Å²) in [6.07, 6.45) is 86.6. The van der Waals surface area contributed by atoms with Gasteiger partial charge in [-0.25, -0.2) is 0 Å². The predicted molar refractivity (Wildman–Crippen MR) is 330 cm³/mol. The van der Waals surface area contributed by atoms with Gasteiger partial charge < -0.3 is 14.2 Å². The van der Waals surface area contributed by atoms with Gasteiger partial charge in [0.05, 0.1) is 0 Å². The van der Waals surface area contributed by atoms with Crippen LogP contribution in [0.4, 0.5) is 0 Å². The van der Waals surface area contributed by atoms with Gasteiger partial charge in [-0.3, -0.25) is 14.4 Å². The first-order valence-corrected chi connectivity index (χ1v) is 31.9. The molecule has 76 heavy (non-hydrogen) atoms. The van der Waals surface area contributed by atoms with E-state index in [2.05, 4.69) is 130 Å². The van der Waals surface area contributed by atoms with Gasteiger partial charge >= 0.3 is 17.9 Å². The van der Waals surface area contributed by atoms with E-state index >= 15 is 0 Å². The second kappa shape index (κ2) is 63.6. The molecular formula is C70H118O6. The van der Waals surface area contributed by atoms with Gasteiger partial charge in [0.25, 0.3) is 0 Å². The van der Waals surface area contributed by atoms with Gasteiger partial charge in [0.1, 0.15) is 13.2 Å². The molecule has 6 heteroatoms. The van der Waals surface area contributed by atoms with Crippen molar-refractivity contribution in [1.29, 1.82) is 0 Å². The first kappa shape index (κ1) is 72.1. The van der Waals surface area contributed by atoms with E-state index in [4.69, 9.17) is 14.2 Å². The van der Waals surface area contributed by atoms with Gasteiger partial charge in [0.2, 0.25) is 0 Å². The molecule has 0 heterocycles. The highest BCUT2D eigenvalue weighted by Gasteiger charge is 2.19. The highest BCUT2D eigenvalue weighted by Crippen LogP contribution is 2.15. The molecule has 434 valence electrons. The fraction of sp³-hybridized carbons (Fsp3) is 0.700. The maximum atomic E-state index is 12.9. The van der Waals surface area contributed by atoms with Gasteiger partial charge in [-0.15, -0.1) is 0 Å². The third-order valence-electron chi connectivity index (χ3n) is 13.5. The molecule has 0 aromatic carbocycles. The van der Waals surface area contributed by atoms with Crippen molar-refractivity contribution in [3.8, 4) is 0 Å². The molecule has 0 aliphatic rings. The number of carbonyl (C=O) groups is 3. The lowest BCUT2D eigenvalue weighted by atomic mass is 10.1. The Labute approximate surface area is 470 Å². The summed E-state index contributed by atoms with van der Waals surface area (Å²) in [5, 5.41) is 0. The number of hydrogen-bond acceptors (Lipinski definition) is 6. The van der Waals surface area contributed by atoms with Gasteiger partial charge in [-0.1, -0.05) is 265 Å². The van der Waals surface area contributed by atoms with Crippen molar-refractivity contribution < 1.29 is 28.6 Å². The fourth-order valence-electron chi connectivity index (χ4n) is 8.69. The van der Waals surface area contributed by atoms with Crippen LogP contribution in [0.25, 0.3) is 0 Å². The summed E-state index contributed by atoms with van der Waals surface area (Å²) in [6, 6.07) is 0. The van der Waals surface area contributed by atoms with E-state index in [0.29, 0.717) is 19.3 Å². The van der Waals surface area contributed by atoms with E-state index in [9.17, 15) is 14.4 Å². The van der Waals surface area contributed by atoms with Crippen LogP contribution in [0.5, 0.6) is 0 Å². The summed E-state index contributed by atoms with van der Waals surface area (Å²) >= 11 is 0. The highest BCUT2D eigenvalue weighted by atomic mass is 16.6. The Balaban J connectivity index is 4.30. The van der Waals surface area contributed by atoms with Crippen molar-refractivity contribution in [1.82, 2.24) is 0 Å². The van der Waals surface area contributed by atoms with Gasteiger partial charge in [-0.05, 0) is 122 Å². The second-order valence-corrected chi connectivity index (χ2v) is 20.9. The van der Waals surface area contributed by atoms with Crippen LogP contribution in [-0.2, 0) is 28.6 Å². The van der Waals surface area contributed by atoms with Crippen LogP contribution in [0.15, 0.2) is 109 Å². The van der Waals surface area contributed by atoms with Crippen molar-refractivity contribution in [3.05, 3.63) is 109 Å². The molecule has 0 radical (unpaired) electrons. The van der Waals surface area contributed by atoms with E-state index in [1.165, 1.54) is 141 Å². The van der Waals surface area contributed by atoms with E-state index in [1.54, 1.807) is 0 Å². The minimum absolute atomic E-state index is 0.0875. The van der Waals surface area contributed by atoms with Crippen molar-refractivity contribution in [2.75, 3.05) is 13.2 Å². The molecular weight excluding hydrogens is 937 g/mol. The predicted octanol–water partition coefficient (Wildman–Crippen LogP) is 21.8. The SMILES string of the molecule is CC/C=C\C/C=C\C/C=C\C/C=C\C/C=C\C/C=C\C/C=C\CCCCCCCCCC(=O)OCC(COC(=O)CCCCCCC/C=C\CCCC)OC(=O)CCCCCCCCC/C=C\CCCCCCCCC. The Morgan fingerprint density at radius 2 is 0.526 bits per heavy atom. The third-order valence-corrected chi connectivity index (χ3v) is 13.5. The summed E-state index contributed by atoms with van der Waals surface area (Å²) in [5.41, 5.74) is 0. The topological polar surface area (TPSA) is 78.9 Å². The van der Waals surface area contributed by atoms with Crippen molar-refractivity contribution in [2.45, 2.75) is 303 Å². The minimum Gasteiger partial charge on any atom is -0.462 e. The molecule has 0 aromatic rings. The molecule has 0 saturated heterocycles. The molecule has 1 unspecified atom stereocenters. The average Bonchev–Trinajstić information content (AvgIpc) is 3.42. The van der Waals surface area contributed by atoms with Gasteiger partial charge in [0, 0.05) is 19.3 Å². The standard InChI is InChI=1S/C70H118O6/c1-4-7-10-13-16-19-22-24-26-28-30-31-32-33-34-35-36-37-38-39-40-42-43-45-48-51-54-57-60-63-69(72)75-66-67(65-74-68(71)62-59-56-53-50-47-21-18-15-12-9-6-3)76-70(73)64-61-58-55-52-49-46-44-41-29-27-25-23-20-17-14-11-8-5-2/h7,10,15-16,18-19,24,26-27,29-31,33-34,36-37,39-40,67H,4-6,8-9,11-14,17,20-23,25,28,32,35,38,41-66H2,1-3H3/b10-7-,18-15-,19-16-,26-24-,29-27-,31-30-,34-33-,37-36-,40-39-. The number of carbonyl (C=O) groups excluding carboxylic acids is 3. The van der Waals surface area contributed by atoms with Crippen LogP contribution < -0.4 is 0 Å². The summed E-state index contributed by atoms with van der Waals surface area (Å²) < 4.78 is 16.9. The van der Waals surface area contributed by atoms with Crippen LogP contribution in [0.3, 0.4) is 0 Å². The molecule has 1 atom stereocenters. The minimum atomic E-state index is -0.790. The number of rotatable bonds is 57. The molecule has 0 fully saturated rings. The lowest BCUT2D eigenvalue weighted by molar-refractivity contribution is -0.167.